The normalized spacial score (nSPS) is 13.5. The van der Waals surface area contributed by atoms with E-state index in [-0.39, 0.29) is 6.42 Å². The van der Waals surface area contributed by atoms with Crippen molar-refractivity contribution in [1.82, 2.24) is 10.6 Å². The van der Waals surface area contributed by atoms with Gasteiger partial charge in [0.1, 0.15) is 6.04 Å². The topological polar surface area (TPSA) is 78.4 Å². The van der Waals surface area contributed by atoms with Crippen LogP contribution in [-0.2, 0) is 4.79 Å². The van der Waals surface area contributed by atoms with Crippen molar-refractivity contribution in [2.45, 2.75) is 19.4 Å². The van der Waals surface area contributed by atoms with E-state index < -0.39 is 18.0 Å². The standard InChI is InChI=1S/C11H20N2O3S/c1-4-5-9(10(14)15)13-11(16)12-6-8(2)7-17-3/h4,8-9H,1,5-7H2,2-3H3,(H,14,15)(H2,12,13,16). The molecule has 0 aromatic heterocycles. The van der Waals surface area contributed by atoms with Crippen LogP contribution in [0, 0.1) is 5.92 Å². The van der Waals surface area contributed by atoms with Crippen LogP contribution < -0.4 is 10.6 Å². The molecule has 0 aromatic carbocycles. The van der Waals surface area contributed by atoms with Crippen LogP contribution in [-0.4, -0.2) is 41.7 Å². The predicted molar refractivity (Wildman–Crippen MR) is 70.3 cm³/mol. The van der Waals surface area contributed by atoms with Gasteiger partial charge in [0.15, 0.2) is 0 Å². The lowest BCUT2D eigenvalue weighted by atomic mass is 10.2. The molecule has 0 saturated heterocycles. The summed E-state index contributed by atoms with van der Waals surface area (Å²) in [5, 5.41) is 13.9. The average Bonchev–Trinajstić information content (AvgIpc) is 2.26. The van der Waals surface area contributed by atoms with E-state index in [1.54, 1.807) is 11.8 Å². The minimum Gasteiger partial charge on any atom is -0.480 e. The summed E-state index contributed by atoms with van der Waals surface area (Å²) in [6, 6.07) is -1.37. The summed E-state index contributed by atoms with van der Waals surface area (Å²) in [6.07, 6.45) is 3.68. The van der Waals surface area contributed by atoms with E-state index in [2.05, 4.69) is 17.2 Å². The van der Waals surface area contributed by atoms with Gasteiger partial charge in [0.25, 0.3) is 0 Å². The highest BCUT2D eigenvalue weighted by atomic mass is 32.2. The molecule has 0 heterocycles. The van der Waals surface area contributed by atoms with Gasteiger partial charge < -0.3 is 15.7 Å². The van der Waals surface area contributed by atoms with Gasteiger partial charge in [0, 0.05) is 6.54 Å². The highest BCUT2D eigenvalue weighted by Crippen LogP contribution is 2.02. The molecule has 3 N–H and O–H groups in total. The number of aliphatic carboxylic acids is 1. The summed E-state index contributed by atoms with van der Waals surface area (Å²) in [7, 11) is 0. The third kappa shape index (κ3) is 7.68. The average molecular weight is 260 g/mol. The monoisotopic (exact) mass is 260 g/mol. The van der Waals surface area contributed by atoms with Crippen LogP contribution in [0.4, 0.5) is 4.79 Å². The molecule has 2 atom stereocenters. The summed E-state index contributed by atoms with van der Waals surface area (Å²) in [5.41, 5.74) is 0. The van der Waals surface area contributed by atoms with Crippen LogP contribution in [0.2, 0.25) is 0 Å². The molecule has 0 aliphatic carbocycles. The number of carbonyl (C=O) groups is 2. The van der Waals surface area contributed by atoms with Crippen molar-refractivity contribution < 1.29 is 14.7 Å². The summed E-state index contributed by atoms with van der Waals surface area (Å²) in [6.45, 7) is 6.01. The van der Waals surface area contributed by atoms with E-state index in [0.29, 0.717) is 12.5 Å². The van der Waals surface area contributed by atoms with Gasteiger partial charge in [-0.3, -0.25) is 0 Å². The Balaban J connectivity index is 3.97. The number of carboxylic acid groups (broad SMARTS) is 1. The molecule has 5 nitrogen and oxygen atoms in total. The molecule has 0 spiro atoms. The third-order valence-electron chi connectivity index (χ3n) is 2.07. The molecule has 0 bridgehead atoms. The molecule has 98 valence electrons. The summed E-state index contributed by atoms with van der Waals surface area (Å²) < 4.78 is 0. The van der Waals surface area contributed by atoms with Crippen molar-refractivity contribution in [1.29, 1.82) is 0 Å². The Hall–Kier alpha value is -1.17. The van der Waals surface area contributed by atoms with E-state index in [1.165, 1.54) is 6.08 Å². The van der Waals surface area contributed by atoms with Gasteiger partial charge >= 0.3 is 12.0 Å². The van der Waals surface area contributed by atoms with Gasteiger partial charge in [0.05, 0.1) is 0 Å². The number of hydrogen-bond donors (Lipinski definition) is 3. The number of amides is 2. The predicted octanol–water partition coefficient (Wildman–Crippen LogP) is 1.31. The molecule has 0 aromatic rings. The Bertz CT molecular complexity index is 271. The minimum atomic E-state index is -1.06. The van der Waals surface area contributed by atoms with Crippen LogP contribution >= 0.6 is 11.8 Å². The van der Waals surface area contributed by atoms with Gasteiger partial charge in [-0.05, 0) is 24.3 Å². The number of rotatable bonds is 8. The number of nitrogens with one attached hydrogen (secondary N) is 2. The molecule has 0 radical (unpaired) electrons. The lowest BCUT2D eigenvalue weighted by molar-refractivity contribution is -0.139. The highest BCUT2D eigenvalue weighted by Gasteiger charge is 2.18. The van der Waals surface area contributed by atoms with Gasteiger partial charge in [0.2, 0.25) is 0 Å². The van der Waals surface area contributed by atoms with E-state index in [1.807, 2.05) is 13.2 Å². The molecule has 0 rings (SSSR count). The number of urea groups is 1. The lowest BCUT2D eigenvalue weighted by Crippen LogP contribution is -2.46. The largest absolute Gasteiger partial charge is 0.480 e. The second-order valence-corrected chi connectivity index (χ2v) is 4.74. The van der Waals surface area contributed by atoms with Crippen molar-refractivity contribution in [2.24, 2.45) is 5.92 Å². The second kappa shape index (κ2) is 8.92. The van der Waals surface area contributed by atoms with Crippen molar-refractivity contribution in [3.8, 4) is 0 Å². The van der Waals surface area contributed by atoms with E-state index in [4.69, 9.17) is 5.11 Å². The quantitative estimate of drug-likeness (QED) is 0.575. The SMILES string of the molecule is C=CCC(NC(=O)NCC(C)CSC)C(=O)O. The van der Waals surface area contributed by atoms with Crippen LogP contribution in [0.3, 0.4) is 0 Å². The van der Waals surface area contributed by atoms with Crippen LogP contribution in [0.5, 0.6) is 0 Å². The molecule has 2 amide bonds. The molecule has 6 heteroatoms. The van der Waals surface area contributed by atoms with Crippen molar-refractivity contribution in [3.05, 3.63) is 12.7 Å². The van der Waals surface area contributed by atoms with Gasteiger partial charge in [-0.15, -0.1) is 6.58 Å². The minimum absolute atomic E-state index is 0.211. The lowest BCUT2D eigenvalue weighted by Gasteiger charge is -2.15. The second-order valence-electron chi connectivity index (χ2n) is 3.83. The van der Waals surface area contributed by atoms with Crippen LogP contribution in [0.15, 0.2) is 12.7 Å². The molecule has 0 fully saturated rings. The first-order valence-electron chi connectivity index (χ1n) is 5.38. The fourth-order valence-corrected chi connectivity index (χ4v) is 1.89. The first kappa shape index (κ1) is 15.8. The zero-order chi connectivity index (χ0) is 13.3. The van der Waals surface area contributed by atoms with Gasteiger partial charge in [-0.2, -0.15) is 11.8 Å². The molecule has 0 saturated carbocycles. The Labute approximate surface area is 106 Å². The molecule has 17 heavy (non-hydrogen) atoms. The highest BCUT2D eigenvalue weighted by molar-refractivity contribution is 7.98. The number of thioether (sulfide) groups is 1. The fourth-order valence-electron chi connectivity index (χ4n) is 1.21. The first-order valence-corrected chi connectivity index (χ1v) is 6.77. The maximum atomic E-state index is 11.4. The Morgan fingerprint density at radius 3 is 2.65 bits per heavy atom. The van der Waals surface area contributed by atoms with Gasteiger partial charge in [-0.1, -0.05) is 13.0 Å². The zero-order valence-corrected chi connectivity index (χ0v) is 11.0. The Kier molecular flexibility index (Phi) is 8.31. The molecule has 0 aliphatic rings. The van der Waals surface area contributed by atoms with Gasteiger partial charge in [-0.25, -0.2) is 9.59 Å². The number of hydrogen-bond acceptors (Lipinski definition) is 3. The Morgan fingerprint density at radius 1 is 1.53 bits per heavy atom. The Morgan fingerprint density at radius 2 is 2.18 bits per heavy atom. The van der Waals surface area contributed by atoms with E-state index >= 15 is 0 Å². The first-order chi connectivity index (χ1) is 8.01. The number of carboxylic acids is 1. The molecular formula is C11H20N2O3S. The van der Waals surface area contributed by atoms with Crippen LogP contribution in [0.1, 0.15) is 13.3 Å². The summed E-state index contributed by atoms with van der Waals surface area (Å²) >= 11 is 1.71. The van der Waals surface area contributed by atoms with Crippen molar-refractivity contribution >= 4 is 23.8 Å². The molecular weight excluding hydrogens is 240 g/mol. The fraction of sp³-hybridized carbons (Fsp3) is 0.636. The van der Waals surface area contributed by atoms with Crippen molar-refractivity contribution in [3.63, 3.8) is 0 Å². The van der Waals surface area contributed by atoms with Crippen molar-refractivity contribution in [2.75, 3.05) is 18.6 Å². The van der Waals surface area contributed by atoms with E-state index in [9.17, 15) is 9.59 Å². The third-order valence-corrected chi connectivity index (χ3v) is 2.97. The van der Waals surface area contributed by atoms with Crippen LogP contribution in [0.25, 0.3) is 0 Å². The molecule has 2 unspecified atom stereocenters. The summed E-state index contributed by atoms with van der Waals surface area (Å²) in [4.78, 5) is 22.2. The van der Waals surface area contributed by atoms with E-state index in [0.717, 1.165) is 5.75 Å². The summed E-state index contributed by atoms with van der Waals surface area (Å²) in [5.74, 6) is 0.255. The maximum Gasteiger partial charge on any atom is 0.326 e. The number of carbonyl (C=O) groups excluding carboxylic acids is 1. The zero-order valence-electron chi connectivity index (χ0n) is 10.2. The smallest absolute Gasteiger partial charge is 0.326 e. The maximum absolute atomic E-state index is 11.4. The molecule has 0 aliphatic heterocycles.